The van der Waals surface area contributed by atoms with Crippen LogP contribution in [0.3, 0.4) is 0 Å². The van der Waals surface area contributed by atoms with Gasteiger partial charge in [-0.25, -0.2) is 0 Å². The van der Waals surface area contributed by atoms with Gasteiger partial charge in [-0.05, 0) is 87.6 Å². The lowest BCUT2D eigenvalue weighted by molar-refractivity contribution is -0.0620. The molecule has 0 bridgehead atoms. The van der Waals surface area contributed by atoms with E-state index in [0.29, 0.717) is 17.3 Å². The molecule has 1 atom stereocenters. The lowest BCUT2D eigenvalue weighted by atomic mass is 9.93. The van der Waals surface area contributed by atoms with Gasteiger partial charge in [-0.15, -0.1) is 0 Å². The molecule has 0 aromatic heterocycles. The van der Waals surface area contributed by atoms with Crippen LogP contribution >= 0.6 is 11.6 Å². The van der Waals surface area contributed by atoms with Crippen LogP contribution in [-0.2, 0) is 6.54 Å². The number of nitrogens with zero attached hydrogens (tertiary/aromatic N) is 2. The van der Waals surface area contributed by atoms with E-state index in [1.165, 1.54) is 37.9 Å². The average Bonchev–Trinajstić information content (AvgIpc) is 2.82. The molecular weight excluding hydrogens is 436 g/mol. The van der Waals surface area contributed by atoms with Gasteiger partial charge in [0.1, 0.15) is 30.3 Å². The molecule has 0 amide bonds. The minimum absolute atomic E-state index is 0.246. The third kappa shape index (κ3) is 7.35. The minimum Gasteiger partial charge on any atom is -0.492 e. The topological polar surface area (TPSA) is 45.2 Å². The van der Waals surface area contributed by atoms with E-state index < -0.39 is 5.60 Å². The first-order valence-electron chi connectivity index (χ1n) is 12.3. The number of hydrogen-bond donors (Lipinski definition) is 1. The van der Waals surface area contributed by atoms with Gasteiger partial charge in [-0.3, -0.25) is 9.80 Å². The Morgan fingerprint density at radius 2 is 1.70 bits per heavy atom. The van der Waals surface area contributed by atoms with Crippen LogP contribution in [0.2, 0.25) is 5.02 Å². The lowest BCUT2D eigenvalue weighted by Gasteiger charge is -2.39. The number of piperidine rings is 2. The van der Waals surface area contributed by atoms with Crippen LogP contribution in [-0.4, -0.2) is 66.4 Å². The third-order valence-corrected chi connectivity index (χ3v) is 6.98. The van der Waals surface area contributed by atoms with Crippen LogP contribution in [0, 0.1) is 6.92 Å². The monoisotopic (exact) mass is 472 g/mol. The molecule has 2 aromatic rings. The van der Waals surface area contributed by atoms with Crippen LogP contribution < -0.4 is 9.47 Å². The van der Waals surface area contributed by atoms with Gasteiger partial charge in [0.25, 0.3) is 0 Å². The highest BCUT2D eigenvalue weighted by atomic mass is 35.5. The Morgan fingerprint density at radius 1 is 0.939 bits per heavy atom. The van der Waals surface area contributed by atoms with Crippen LogP contribution in [0.1, 0.15) is 43.2 Å². The Hall–Kier alpha value is -1.79. The normalized spacial score (nSPS) is 22.3. The molecule has 4 rings (SSSR count). The highest BCUT2D eigenvalue weighted by molar-refractivity contribution is 6.32. The summed E-state index contributed by atoms with van der Waals surface area (Å²) in [6, 6.07) is 14.1. The van der Waals surface area contributed by atoms with Gasteiger partial charge in [0, 0.05) is 19.6 Å². The highest BCUT2D eigenvalue weighted by Crippen LogP contribution is 2.29. The molecule has 0 radical (unpaired) electrons. The summed E-state index contributed by atoms with van der Waals surface area (Å²) in [5.74, 6) is 1.56. The Morgan fingerprint density at radius 3 is 2.48 bits per heavy atom. The molecule has 33 heavy (non-hydrogen) atoms. The van der Waals surface area contributed by atoms with E-state index in [1.54, 1.807) is 0 Å². The molecule has 2 aliphatic rings. The molecule has 6 heteroatoms. The fourth-order valence-corrected chi connectivity index (χ4v) is 4.99. The SMILES string of the molecule is Cc1ccc(Cl)c(OC[C@@]2(O)CCCN(Cc3ccc(OCCN4CCCCC4)cc3)C2)c1. The fraction of sp³-hybridized carbons (Fsp3) is 0.556. The zero-order chi connectivity index (χ0) is 23.1. The molecule has 2 fully saturated rings. The first kappa shape index (κ1) is 24.3. The highest BCUT2D eigenvalue weighted by Gasteiger charge is 2.34. The van der Waals surface area contributed by atoms with Gasteiger partial charge in [0.15, 0.2) is 0 Å². The first-order valence-corrected chi connectivity index (χ1v) is 12.6. The summed E-state index contributed by atoms with van der Waals surface area (Å²) in [6.07, 6.45) is 5.66. The maximum atomic E-state index is 11.2. The Kier molecular flexibility index (Phi) is 8.53. The smallest absolute Gasteiger partial charge is 0.138 e. The predicted molar refractivity (Wildman–Crippen MR) is 133 cm³/mol. The largest absolute Gasteiger partial charge is 0.492 e. The van der Waals surface area contributed by atoms with Crippen molar-refractivity contribution in [2.24, 2.45) is 0 Å². The van der Waals surface area contributed by atoms with Crippen molar-refractivity contribution < 1.29 is 14.6 Å². The van der Waals surface area contributed by atoms with Gasteiger partial charge < -0.3 is 14.6 Å². The molecule has 2 saturated heterocycles. The molecule has 0 unspecified atom stereocenters. The third-order valence-electron chi connectivity index (χ3n) is 6.67. The maximum absolute atomic E-state index is 11.2. The number of ether oxygens (including phenoxy) is 2. The van der Waals surface area contributed by atoms with Gasteiger partial charge in [-0.2, -0.15) is 0 Å². The van der Waals surface area contributed by atoms with Crippen molar-refractivity contribution in [2.75, 3.05) is 45.9 Å². The second-order valence-electron chi connectivity index (χ2n) is 9.66. The summed E-state index contributed by atoms with van der Waals surface area (Å²) in [4.78, 5) is 4.79. The minimum atomic E-state index is -0.872. The fourth-order valence-electron chi connectivity index (χ4n) is 4.82. The zero-order valence-electron chi connectivity index (χ0n) is 19.8. The van der Waals surface area contributed by atoms with Crippen molar-refractivity contribution in [2.45, 2.75) is 51.2 Å². The van der Waals surface area contributed by atoms with E-state index in [4.69, 9.17) is 21.1 Å². The van der Waals surface area contributed by atoms with Crippen molar-refractivity contribution in [1.82, 2.24) is 9.80 Å². The molecule has 0 spiro atoms. The summed E-state index contributed by atoms with van der Waals surface area (Å²) in [5.41, 5.74) is 1.44. The molecule has 2 heterocycles. The summed E-state index contributed by atoms with van der Waals surface area (Å²) < 4.78 is 11.9. The van der Waals surface area contributed by atoms with Crippen LogP contribution in [0.15, 0.2) is 42.5 Å². The Bertz CT molecular complexity index is 885. The van der Waals surface area contributed by atoms with E-state index in [9.17, 15) is 5.11 Å². The van der Waals surface area contributed by atoms with Crippen LogP contribution in [0.25, 0.3) is 0 Å². The number of rotatable bonds is 9. The second-order valence-corrected chi connectivity index (χ2v) is 10.1. The summed E-state index contributed by atoms with van der Waals surface area (Å²) in [6.45, 7) is 8.77. The van der Waals surface area contributed by atoms with Crippen molar-refractivity contribution in [1.29, 1.82) is 0 Å². The number of hydrogen-bond acceptors (Lipinski definition) is 5. The Balaban J connectivity index is 1.24. The summed E-state index contributed by atoms with van der Waals surface area (Å²) in [7, 11) is 0. The molecule has 0 saturated carbocycles. The second kappa shape index (κ2) is 11.6. The zero-order valence-corrected chi connectivity index (χ0v) is 20.5. The number of halogens is 1. The number of aryl methyl sites for hydroxylation is 1. The van der Waals surface area contributed by atoms with Crippen molar-refractivity contribution in [3.8, 4) is 11.5 Å². The first-order chi connectivity index (χ1) is 16.0. The standard InChI is InChI=1S/C27H37ClN2O3/c1-22-6-11-25(28)26(18-22)33-21-27(31)12-5-15-30(20-27)19-23-7-9-24(10-8-23)32-17-16-29-13-3-2-4-14-29/h6-11,18,31H,2-5,12-17,19-21H2,1H3/t27-/m1/s1. The van der Waals surface area contributed by atoms with Gasteiger partial charge in [0.2, 0.25) is 0 Å². The molecule has 2 aliphatic heterocycles. The van der Waals surface area contributed by atoms with E-state index in [0.717, 1.165) is 50.4 Å². The number of β-amino-alcohol motifs (C(OH)–C–C–N with tert-alkyl or cyclic N) is 1. The molecule has 2 aromatic carbocycles. The average molecular weight is 473 g/mol. The van der Waals surface area contributed by atoms with E-state index in [1.807, 2.05) is 25.1 Å². The predicted octanol–water partition coefficient (Wildman–Crippen LogP) is 4.92. The van der Waals surface area contributed by atoms with E-state index >= 15 is 0 Å². The van der Waals surface area contributed by atoms with Gasteiger partial charge in [0.05, 0.1) is 5.02 Å². The molecule has 0 aliphatic carbocycles. The van der Waals surface area contributed by atoms with Gasteiger partial charge >= 0.3 is 0 Å². The molecule has 5 nitrogen and oxygen atoms in total. The molecular formula is C27H37ClN2O3. The number of likely N-dealkylation sites (tertiary alicyclic amines) is 2. The number of aliphatic hydroxyl groups is 1. The quantitative estimate of drug-likeness (QED) is 0.561. The van der Waals surface area contributed by atoms with Crippen molar-refractivity contribution in [3.05, 3.63) is 58.6 Å². The molecule has 180 valence electrons. The van der Waals surface area contributed by atoms with Crippen molar-refractivity contribution >= 4 is 11.6 Å². The summed E-state index contributed by atoms with van der Waals surface area (Å²) in [5, 5.41) is 11.7. The van der Waals surface area contributed by atoms with Gasteiger partial charge in [-0.1, -0.05) is 36.2 Å². The maximum Gasteiger partial charge on any atom is 0.138 e. The molecule has 1 N–H and O–H groups in total. The lowest BCUT2D eigenvalue weighted by Crippen LogP contribution is -2.51. The van der Waals surface area contributed by atoms with Crippen LogP contribution in [0.5, 0.6) is 11.5 Å². The van der Waals surface area contributed by atoms with Crippen molar-refractivity contribution in [3.63, 3.8) is 0 Å². The summed E-state index contributed by atoms with van der Waals surface area (Å²) >= 11 is 6.25. The van der Waals surface area contributed by atoms with E-state index in [-0.39, 0.29) is 6.61 Å². The Labute approximate surface area is 203 Å². The number of benzene rings is 2. The van der Waals surface area contributed by atoms with Crippen LogP contribution in [0.4, 0.5) is 0 Å². The van der Waals surface area contributed by atoms with E-state index in [2.05, 4.69) is 34.1 Å².